The molecule has 0 radical (unpaired) electrons. The molecule has 0 saturated heterocycles. The van der Waals surface area contributed by atoms with Crippen LogP contribution in [0.2, 0.25) is 0 Å². The largest absolute Gasteiger partial charge is 0.307 e. The van der Waals surface area contributed by atoms with Gasteiger partial charge >= 0.3 is 0 Å². The van der Waals surface area contributed by atoms with E-state index in [0.29, 0.717) is 27.1 Å². The van der Waals surface area contributed by atoms with E-state index in [1.807, 2.05) is 43.3 Å². The lowest BCUT2D eigenvalue weighted by Crippen LogP contribution is -2.56. The molecule has 0 N–H and O–H groups in total. The molecule has 1 aliphatic heterocycles. The fourth-order valence-corrected chi connectivity index (χ4v) is 10.2. The number of hydrogen-bond donors (Lipinski definition) is 0. The van der Waals surface area contributed by atoms with Crippen molar-refractivity contribution < 1.29 is 0 Å². The van der Waals surface area contributed by atoms with Crippen LogP contribution < -0.4 is 27.2 Å². The number of benzene rings is 8. The van der Waals surface area contributed by atoms with E-state index in [-0.39, 0.29) is 17.6 Å². The highest BCUT2D eigenvalue weighted by molar-refractivity contribution is 8.00. The molecule has 0 fully saturated rings. The number of aryl methyl sites for hydroxylation is 1. The molecule has 0 aliphatic carbocycles. The number of fused-ring (bicyclic) bond motifs is 6. The third kappa shape index (κ3) is 4.87. The van der Waals surface area contributed by atoms with Gasteiger partial charge in [-0.25, -0.2) is 0 Å². The van der Waals surface area contributed by atoms with Crippen LogP contribution in [-0.2, 0) is 0 Å². The van der Waals surface area contributed by atoms with Crippen LogP contribution in [0.3, 0.4) is 0 Å². The summed E-state index contributed by atoms with van der Waals surface area (Å²) < 4.78 is 2.18. The van der Waals surface area contributed by atoms with E-state index < -0.39 is 0 Å². The number of para-hydroxylation sites is 2. The minimum absolute atomic E-state index is 0.0461. The van der Waals surface area contributed by atoms with Crippen LogP contribution in [-0.4, -0.2) is 11.1 Å². The Kier molecular flexibility index (Phi) is 7.42. The van der Waals surface area contributed by atoms with Crippen LogP contribution in [0, 0.1) is 6.92 Å². The van der Waals surface area contributed by atoms with Crippen molar-refractivity contribution in [2.75, 3.05) is 0 Å². The average molecular weight is 734 g/mol. The van der Waals surface area contributed by atoms with Crippen molar-refractivity contribution in [3.8, 4) is 33.4 Å². The van der Waals surface area contributed by atoms with E-state index in [1.165, 1.54) is 15.8 Å². The minimum Gasteiger partial charge on any atom is -0.307 e. The molecular weight excluding hydrogens is 701 g/mol. The molecule has 0 spiro atoms. The lowest BCUT2D eigenvalue weighted by Gasteiger charge is -2.30. The Labute approximate surface area is 328 Å². The van der Waals surface area contributed by atoms with Crippen LogP contribution in [0.15, 0.2) is 195 Å². The predicted molar refractivity (Wildman–Crippen MR) is 236 cm³/mol. The summed E-state index contributed by atoms with van der Waals surface area (Å²) in [6.07, 6.45) is 0. The molecular formula is C51H32BNO2S. The fraction of sp³-hybridized carbons (Fsp3) is 0.0196. The van der Waals surface area contributed by atoms with E-state index in [2.05, 4.69) is 144 Å². The van der Waals surface area contributed by atoms with Crippen LogP contribution in [0.25, 0.3) is 71.5 Å². The van der Waals surface area contributed by atoms with Gasteiger partial charge in [0.1, 0.15) is 0 Å². The van der Waals surface area contributed by atoms with Gasteiger partial charge in [0.15, 0.2) is 10.9 Å². The van der Waals surface area contributed by atoms with Crippen LogP contribution >= 0.6 is 11.8 Å². The molecule has 11 rings (SSSR count). The summed E-state index contributed by atoms with van der Waals surface area (Å²) >= 11 is 1.76. The number of aromatic nitrogens is 1. The Bertz CT molecular complexity index is 3270. The third-order valence-corrected chi connectivity index (χ3v) is 12.7. The SMILES string of the molecule is Cc1cccc2c(=O)c3cccc4c(=O)c5cc6c(cc5n(c12)c43)Sc1ccccc1B6c1c(-c2ccccc2)cc(-c2ccccc2)cc1-c1ccccc1. The van der Waals surface area contributed by atoms with Gasteiger partial charge in [0.05, 0.1) is 16.6 Å². The minimum atomic E-state index is -0.194. The molecule has 10 aromatic rings. The van der Waals surface area contributed by atoms with Crippen LogP contribution in [0.1, 0.15) is 5.56 Å². The third-order valence-electron chi connectivity index (χ3n) is 11.6. The second-order valence-electron chi connectivity index (χ2n) is 14.7. The molecule has 0 unspecified atom stereocenters. The van der Waals surface area contributed by atoms with Gasteiger partial charge in [0, 0.05) is 31.3 Å². The zero-order chi connectivity index (χ0) is 37.5. The summed E-state index contributed by atoms with van der Waals surface area (Å²) in [4.78, 5) is 31.1. The van der Waals surface area contributed by atoms with Gasteiger partial charge in [0.25, 0.3) is 0 Å². The molecule has 3 heterocycles. The van der Waals surface area contributed by atoms with Crippen molar-refractivity contribution in [3.05, 3.63) is 202 Å². The zero-order valence-electron chi connectivity index (χ0n) is 30.5. The molecule has 0 saturated carbocycles. The molecule has 2 aromatic heterocycles. The molecule has 56 heavy (non-hydrogen) atoms. The highest BCUT2D eigenvalue weighted by atomic mass is 32.2. The monoisotopic (exact) mass is 733 g/mol. The van der Waals surface area contributed by atoms with E-state index in [9.17, 15) is 9.59 Å². The van der Waals surface area contributed by atoms with Crippen LogP contribution in [0.4, 0.5) is 0 Å². The van der Waals surface area contributed by atoms with E-state index in [1.54, 1.807) is 11.8 Å². The zero-order valence-corrected chi connectivity index (χ0v) is 31.3. The van der Waals surface area contributed by atoms with E-state index in [4.69, 9.17) is 0 Å². The highest BCUT2D eigenvalue weighted by Crippen LogP contribution is 2.37. The molecule has 0 bridgehead atoms. The van der Waals surface area contributed by atoms with Gasteiger partial charge in [-0.1, -0.05) is 162 Å². The maximum absolute atomic E-state index is 14.9. The second-order valence-corrected chi connectivity index (χ2v) is 15.8. The van der Waals surface area contributed by atoms with Crippen molar-refractivity contribution in [2.24, 2.45) is 0 Å². The molecule has 0 amide bonds. The van der Waals surface area contributed by atoms with Crippen molar-refractivity contribution in [3.63, 3.8) is 0 Å². The number of hydrogen-bond acceptors (Lipinski definition) is 3. The Hall–Kier alpha value is -6.69. The quantitative estimate of drug-likeness (QED) is 0.103. The molecule has 8 aromatic carbocycles. The van der Waals surface area contributed by atoms with Gasteiger partial charge < -0.3 is 4.40 Å². The first-order chi connectivity index (χ1) is 27.5. The molecule has 262 valence electrons. The Morgan fingerprint density at radius 3 is 1.62 bits per heavy atom. The van der Waals surface area contributed by atoms with E-state index in [0.717, 1.165) is 60.3 Å². The van der Waals surface area contributed by atoms with Crippen molar-refractivity contribution in [2.45, 2.75) is 16.7 Å². The normalized spacial score (nSPS) is 12.4. The standard InChI is InChI=1S/C51H32BNO2S/c1-31-15-13-22-36-48(31)53-44-30-46-43(29-41(44)51(55)38-24-14-23-37(49(38)53)50(36)54)52(42-25-11-12-26-45(42)56-46)47-39(33-18-7-3-8-19-33)27-35(32-16-5-2-6-17-32)28-40(47)34-20-9-4-10-21-34/h2-30H,1H3. The van der Waals surface area contributed by atoms with Gasteiger partial charge in [-0.2, -0.15) is 0 Å². The average Bonchev–Trinajstić information content (AvgIpc) is 3.25. The first kappa shape index (κ1) is 32.7. The Balaban J connectivity index is 1.30. The van der Waals surface area contributed by atoms with E-state index >= 15 is 0 Å². The lowest BCUT2D eigenvalue weighted by atomic mass is 9.34. The summed E-state index contributed by atoms with van der Waals surface area (Å²) in [5.74, 6) is 0. The highest BCUT2D eigenvalue weighted by Gasteiger charge is 2.36. The lowest BCUT2D eigenvalue weighted by molar-refractivity contribution is 1.27. The first-order valence-electron chi connectivity index (χ1n) is 19.0. The van der Waals surface area contributed by atoms with Crippen molar-refractivity contribution in [1.29, 1.82) is 0 Å². The van der Waals surface area contributed by atoms with Gasteiger partial charge in [-0.05, 0) is 88.3 Å². The maximum atomic E-state index is 14.9. The first-order valence-corrected chi connectivity index (χ1v) is 19.8. The Morgan fingerprint density at radius 1 is 0.446 bits per heavy atom. The summed E-state index contributed by atoms with van der Waals surface area (Å²) in [7, 11) is 0. The summed E-state index contributed by atoms with van der Waals surface area (Å²) in [5, 5.41) is 2.42. The smallest absolute Gasteiger partial charge is 0.245 e. The van der Waals surface area contributed by atoms with Crippen molar-refractivity contribution >= 4 is 73.0 Å². The summed E-state index contributed by atoms with van der Waals surface area (Å²) in [6.45, 7) is 1.85. The molecule has 1 aliphatic rings. The fourth-order valence-electron chi connectivity index (χ4n) is 9.08. The molecule has 5 heteroatoms. The topological polar surface area (TPSA) is 38.5 Å². The predicted octanol–water partition coefficient (Wildman–Crippen LogP) is 9.85. The molecule has 0 atom stereocenters. The van der Waals surface area contributed by atoms with Crippen molar-refractivity contribution in [1.82, 2.24) is 4.40 Å². The Morgan fingerprint density at radius 2 is 0.982 bits per heavy atom. The summed E-state index contributed by atoms with van der Waals surface area (Å²) in [6, 6.07) is 61.3. The van der Waals surface area contributed by atoms with Gasteiger partial charge in [-0.15, -0.1) is 0 Å². The number of rotatable bonds is 4. The summed E-state index contributed by atoms with van der Waals surface area (Å²) in [5.41, 5.74) is 13.6. The van der Waals surface area contributed by atoms with Crippen LogP contribution in [0.5, 0.6) is 0 Å². The second kappa shape index (κ2) is 12.7. The van der Waals surface area contributed by atoms with Gasteiger partial charge in [-0.3, -0.25) is 9.59 Å². The molecule has 3 nitrogen and oxygen atoms in total. The number of nitrogens with zero attached hydrogens (tertiary/aromatic N) is 1. The maximum Gasteiger partial charge on any atom is 0.245 e. The van der Waals surface area contributed by atoms with Gasteiger partial charge in [0.2, 0.25) is 6.71 Å². The number of pyridine rings is 2.